The molecule has 0 fully saturated rings. The molecule has 0 unspecified atom stereocenters. The first kappa shape index (κ1) is 15.7. The Labute approximate surface area is 136 Å². The second-order valence-corrected chi connectivity index (χ2v) is 6.62. The van der Waals surface area contributed by atoms with Gasteiger partial charge in [-0.15, -0.1) is 11.3 Å². The monoisotopic (exact) mass is 334 g/mol. The lowest BCUT2D eigenvalue weighted by molar-refractivity contribution is 0.0947. The van der Waals surface area contributed by atoms with E-state index < -0.39 is 11.6 Å². The standard InChI is InChI=1S/C17H16F2N2OS/c1-3-20-17(22)15-8-16-14(6-10(2)23-16)21(15)9-11-4-5-12(18)13(19)7-11/h4-8H,3,9H2,1-2H3,(H,20,22). The zero-order valence-electron chi connectivity index (χ0n) is 12.8. The lowest BCUT2D eigenvalue weighted by Crippen LogP contribution is -2.25. The van der Waals surface area contributed by atoms with E-state index in [0.29, 0.717) is 24.3 Å². The van der Waals surface area contributed by atoms with Gasteiger partial charge in [0.25, 0.3) is 5.91 Å². The van der Waals surface area contributed by atoms with Gasteiger partial charge in [-0.2, -0.15) is 0 Å². The summed E-state index contributed by atoms with van der Waals surface area (Å²) >= 11 is 1.60. The Morgan fingerprint density at radius 3 is 2.70 bits per heavy atom. The number of rotatable bonds is 4. The fraction of sp³-hybridized carbons (Fsp3) is 0.235. The van der Waals surface area contributed by atoms with Gasteiger partial charge in [0.15, 0.2) is 11.6 Å². The normalized spacial score (nSPS) is 11.1. The highest BCUT2D eigenvalue weighted by molar-refractivity contribution is 7.19. The SMILES string of the molecule is CCNC(=O)c1cc2sc(C)cc2n1Cc1ccc(F)c(F)c1. The highest BCUT2D eigenvalue weighted by Gasteiger charge is 2.17. The van der Waals surface area contributed by atoms with E-state index in [9.17, 15) is 13.6 Å². The molecule has 1 N–H and O–H groups in total. The second kappa shape index (κ2) is 6.12. The Kier molecular flexibility index (Phi) is 4.17. The maximum Gasteiger partial charge on any atom is 0.267 e. The van der Waals surface area contributed by atoms with Gasteiger partial charge in [-0.25, -0.2) is 8.78 Å². The Morgan fingerprint density at radius 2 is 2.00 bits per heavy atom. The molecule has 0 saturated heterocycles. The van der Waals surface area contributed by atoms with Gasteiger partial charge in [0.1, 0.15) is 5.69 Å². The van der Waals surface area contributed by atoms with Crippen molar-refractivity contribution >= 4 is 27.5 Å². The molecule has 0 spiro atoms. The summed E-state index contributed by atoms with van der Waals surface area (Å²) in [5, 5.41) is 2.78. The quantitative estimate of drug-likeness (QED) is 0.766. The Bertz CT molecular complexity index is 882. The summed E-state index contributed by atoms with van der Waals surface area (Å²) in [7, 11) is 0. The molecule has 6 heteroatoms. The molecule has 120 valence electrons. The van der Waals surface area contributed by atoms with Crippen molar-refractivity contribution in [3.8, 4) is 0 Å². The first-order valence-corrected chi connectivity index (χ1v) is 8.13. The maximum absolute atomic E-state index is 13.4. The van der Waals surface area contributed by atoms with Crippen molar-refractivity contribution in [2.75, 3.05) is 6.54 Å². The third-order valence-electron chi connectivity index (χ3n) is 3.61. The minimum atomic E-state index is -0.882. The average Bonchev–Trinajstić information content (AvgIpc) is 3.01. The number of benzene rings is 1. The van der Waals surface area contributed by atoms with Crippen LogP contribution in [-0.4, -0.2) is 17.0 Å². The lowest BCUT2D eigenvalue weighted by Gasteiger charge is -2.10. The van der Waals surface area contributed by atoms with Crippen molar-refractivity contribution in [3.63, 3.8) is 0 Å². The molecule has 1 aromatic carbocycles. The van der Waals surface area contributed by atoms with Gasteiger partial charge >= 0.3 is 0 Å². The molecule has 0 aliphatic heterocycles. The molecule has 1 amide bonds. The zero-order valence-corrected chi connectivity index (χ0v) is 13.6. The number of amides is 1. The molecular weight excluding hydrogens is 318 g/mol. The fourth-order valence-corrected chi connectivity index (χ4v) is 3.56. The minimum absolute atomic E-state index is 0.170. The van der Waals surface area contributed by atoms with Crippen LogP contribution in [0.25, 0.3) is 10.2 Å². The third kappa shape index (κ3) is 2.99. The fourth-order valence-electron chi connectivity index (χ4n) is 2.60. The highest BCUT2D eigenvalue weighted by atomic mass is 32.1. The molecule has 0 radical (unpaired) electrons. The summed E-state index contributed by atoms with van der Waals surface area (Å²) in [5.74, 6) is -1.93. The first-order valence-electron chi connectivity index (χ1n) is 7.31. The molecule has 0 atom stereocenters. The van der Waals surface area contributed by atoms with Gasteiger partial charge in [0.05, 0.1) is 10.2 Å². The molecule has 3 nitrogen and oxygen atoms in total. The summed E-state index contributed by atoms with van der Waals surface area (Å²) in [6, 6.07) is 7.66. The summed E-state index contributed by atoms with van der Waals surface area (Å²) in [4.78, 5) is 13.4. The molecule has 23 heavy (non-hydrogen) atoms. The van der Waals surface area contributed by atoms with Gasteiger partial charge in [-0.1, -0.05) is 6.07 Å². The van der Waals surface area contributed by atoms with Crippen LogP contribution in [0.5, 0.6) is 0 Å². The van der Waals surface area contributed by atoms with E-state index in [2.05, 4.69) is 5.32 Å². The average molecular weight is 334 g/mol. The van der Waals surface area contributed by atoms with E-state index >= 15 is 0 Å². The number of thiophene rings is 1. The number of hydrogen-bond acceptors (Lipinski definition) is 2. The summed E-state index contributed by atoms with van der Waals surface area (Å²) in [5.41, 5.74) is 2.06. The van der Waals surface area contributed by atoms with E-state index in [1.807, 2.05) is 30.5 Å². The van der Waals surface area contributed by atoms with E-state index in [1.54, 1.807) is 11.3 Å². The largest absolute Gasteiger partial charge is 0.351 e. The number of halogens is 2. The number of fused-ring (bicyclic) bond motifs is 1. The lowest BCUT2D eigenvalue weighted by atomic mass is 10.2. The van der Waals surface area contributed by atoms with Crippen LogP contribution in [0.3, 0.4) is 0 Å². The predicted molar refractivity (Wildman–Crippen MR) is 88.0 cm³/mol. The molecule has 0 aliphatic carbocycles. The second-order valence-electron chi connectivity index (χ2n) is 5.33. The maximum atomic E-state index is 13.4. The van der Waals surface area contributed by atoms with Gasteiger partial charge in [-0.3, -0.25) is 4.79 Å². The van der Waals surface area contributed by atoms with Crippen LogP contribution >= 0.6 is 11.3 Å². The molecular formula is C17H16F2N2OS. The van der Waals surface area contributed by atoms with Crippen LogP contribution in [0.15, 0.2) is 30.3 Å². The number of nitrogens with one attached hydrogen (secondary N) is 1. The van der Waals surface area contributed by atoms with Crippen molar-refractivity contribution < 1.29 is 13.6 Å². The van der Waals surface area contributed by atoms with Crippen LogP contribution in [0, 0.1) is 18.6 Å². The van der Waals surface area contributed by atoms with Crippen molar-refractivity contribution in [1.29, 1.82) is 0 Å². The van der Waals surface area contributed by atoms with Crippen LogP contribution in [0.4, 0.5) is 8.78 Å². The molecule has 0 bridgehead atoms. The van der Waals surface area contributed by atoms with Gasteiger partial charge in [-0.05, 0) is 43.7 Å². The molecule has 2 heterocycles. The number of carbonyl (C=O) groups excluding carboxylic acids is 1. The van der Waals surface area contributed by atoms with Crippen molar-refractivity contribution in [2.24, 2.45) is 0 Å². The summed E-state index contributed by atoms with van der Waals surface area (Å²) < 4.78 is 29.4. The highest BCUT2D eigenvalue weighted by Crippen LogP contribution is 2.29. The number of nitrogens with zero attached hydrogens (tertiary/aromatic N) is 1. The van der Waals surface area contributed by atoms with E-state index in [4.69, 9.17) is 0 Å². The topological polar surface area (TPSA) is 34.0 Å². The van der Waals surface area contributed by atoms with Crippen LogP contribution in [0.1, 0.15) is 27.9 Å². The number of carbonyl (C=O) groups is 1. The van der Waals surface area contributed by atoms with Crippen LogP contribution in [-0.2, 0) is 6.54 Å². The Morgan fingerprint density at radius 1 is 1.22 bits per heavy atom. The van der Waals surface area contributed by atoms with Crippen LogP contribution < -0.4 is 5.32 Å². The molecule has 0 saturated carbocycles. The number of hydrogen-bond donors (Lipinski definition) is 1. The number of aromatic nitrogens is 1. The summed E-state index contributed by atoms with van der Waals surface area (Å²) in [6.07, 6.45) is 0. The smallest absolute Gasteiger partial charge is 0.267 e. The van der Waals surface area contributed by atoms with Crippen molar-refractivity contribution in [1.82, 2.24) is 9.88 Å². The van der Waals surface area contributed by atoms with Gasteiger partial charge in [0, 0.05) is 18.0 Å². The van der Waals surface area contributed by atoms with Gasteiger partial charge < -0.3 is 9.88 Å². The Hall–Kier alpha value is -2.21. The van der Waals surface area contributed by atoms with Gasteiger partial charge in [0.2, 0.25) is 0 Å². The van der Waals surface area contributed by atoms with Crippen molar-refractivity contribution in [3.05, 3.63) is 58.1 Å². The molecule has 2 aromatic heterocycles. The molecule has 3 rings (SSSR count). The minimum Gasteiger partial charge on any atom is -0.351 e. The molecule has 0 aliphatic rings. The summed E-state index contributed by atoms with van der Waals surface area (Å²) in [6.45, 7) is 4.69. The number of aryl methyl sites for hydroxylation is 1. The Balaban J connectivity index is 2.07. The molecule has 3 aromatic rings. The van der Waals surface area contributed by atoms with E-state index in [-0.39, 0.29) is 5.91 Å². The van der Waals surface area contributed by atoms with Crippen LogP contribution in [0.2, 0.25) is 0 Å². The first-order chi connectivity index (χ1) is 11.0. The van der Waals surface area contributed by atoms with Crippen molar-refractivity contribution in [2.45, 2.75) is 20.4 Å². The zero-order chi connectivity index (χ0) is 16.6. The predicted octanol–water partition coefficient (Wildman–Crippen LogP) is 4.09. The third-order valence-corrected chi connectivity index (χ3v) is 4.59. The van der Waals surface area contributed by atoms with E-state index in [0.717, 1.165) is 21.2 Å². The van der Waals surface area contributed by atoms with E-state index in [1.165, 1.54) is 12.1 Å².